The Balaban J connectivity index is 1.57. The van der Waals surface area contributed by atoms with Crippen molar-refractivity contribution in [1.82, 2.24) is 5.32 Å². The van der Waals surface area contributed by atoms with Crippen molar-refractivity contribution in [2.75, 3.05) is 11.9 Å². The fourth-order valence-electron chi connectivity index (χ4n) is 3.70. The lowest BCUT2D eigenvalue weighted by Gasteiger charge is -2.24. The highest BCUT2D eigenvalue weighted by Gasteiger charge is 2.39. The number of fused-ring (bicyclic) bond motifs is 2. The van der Waals surface area contributed by atoms with E-state index in [-0.39, 0.29) is 5.97 Å². The van der Waals surface area contributed by atoms with Gasteiger partial charge in [-0.2, -0.15) is 0 Å². The number of esters is 1. The van der Waals surface area contributed by atoms with Gasteiger partial charge in [0.05, 0.1) is 12.2 Å². The van der Waals surface area contributed by atoms with Gasteiger partial charge < -0.3 is 15.4 Å². The Bertz CT molecular complexity index is 576. The highest BCUT2D eigenvalue weighted by Crippen LogP contribution is 2.44. The molecule has 0 unspecified atom stereocenters. The summed E-state index contributed by atoms with van der Waals surface area (Å²) in [6, 6.07) is 7.75. The molecule has 2 aliphatic carbocycles. The van der Waals surface area contributed by atoms with Crippen molar-refractivity contribution >= 4 is 29.0 Å². The number of thiocarbonyl (C=S) groups is 1. The van der Waals surface area contributed by atoms with Gasteiger partial charge in [0.25, 0.3) is 0 Å². The molecule has 0 aliphatic heterocycles. The minimum absolute atomic E-state index is 0.307. The van der Waals surface area contributed by atoms with Gasteiger partial charge in [-0.25, -0.2) is 4.79 Å². The van der Waals surface area contributed by atoms with Gasteiger partial charge in [-0.3, -0.25) is 0 Å². The zero-order chi connectivity index (χ0) is 15.5. The van der Waals surface area contributed by atoms with E-state index >= 15 is 0 Å². The van der Waals surface area contributed by atoms with E-state index in [4.69, 9.17) is 17.0 Å². The molecule has 0 spiro atoms. The average Bonchev–Trinajstić information content (AvgIpc) is 3.10. The fraction of sp³-hybridized carbons (Fsp3) is 0.529. The molecule has 118 valence electrons. The molecule has 1 aromatic rings. The summed E-state index contributed by atoms with van der Waals surface area (Å²) in [4.78, 5) is 11.7. The van der Waals surface area contributed by atoms with Gasteiger partial charge in [-0.15, -0.1) is 0 Å². The molecule has 3 rings (SSSR count). The van der Waals surface area contributed by atoms with Crippen LogP contribution in [0.4, 0.5) is 5.69 Å². The SMILES string of the molecule is CCOC(=O)c1cccc(NC(=S)N[C@@H]2C[C@H]3CC[C@H]2C3)c1. The first-order valence-electron chi connectivity index (χ1n) is 8.00. The summed E-state index contributed by atoms with van der Waals surface area (Å²) in [7, 11) is 0. The minimum Gasteiger partial charge on any atom is -0.462 e. The van der Waals surface area contributed by atoms with Gasteiger partial charge in [0.15, 0.2) is 5.11 Å². The maximum absolute atomic E-state index is 11.7. The lowest BCUT2D eigenvalue weighted by atomic mass is 9.96. The maximum Gasteiger partial charge on any atom is 0.338 e. The Morgan fingerprint density at radius 3 is 2.91 bits per heavy atom. The van der Waals surface area contributed by atoms with Gasteiger partial charge in [0, 0.05) is 11.7 Å². The van der Waals surface area contributed by atoms with E-state index in [0.29, 0.717) is 23.3 Å². The summed E-state index contributed by atoms with van der Waals surface area (Å²) < 4.78 is 5.01. The molecule has 0 amide bonds. The van der Waals surface area contributed by atoms with Crippen molar-refractivity contribution < 1.29 is 9.53 Å². The number of carbonyl (C=O) groups is 1. The zero-order valence-corrected chi connectivity index (χ0v) is 13.6. The summed E-state index contributed by atoms with van der Waals surface area (Å²) in [5.74, 6) is 1.35. The van der Waals surface area contributed by atoms with Gasteiger partial charge in [0.2, 0.25) is 0 Å². The summed E-state index contributed by atoms with van der Waals surface area (Å²) in [6.45, 7) is 2.18. The Morgan fingerprint density at radius 1 is 1.36 bits per heavy atom. The molecule has 5 heteroatoms. The second-order valence-electron chi connectivity index (χ2n) is 6.18. The molecule has 0 radical (unpaired) electrons. The Morgan fingerprint density at radius 2 is 2.23 bits per heavy atom. The van der Waals surface area contributed by atoms with Crippen LogP contribution in [0.5, 0.6) is 0 Å². The summed E-state index contributed by atoms with van der Waals surface area (Å²) >= 11 is 5.41. The van der Waals surface area contributed by atoms with E-state index in [2.05, 4.69) is 10.6 Å². The molecule has 2 saturated carbocycles. The first-order chi connectivity index (χ1) is 10.7. The van der Waals surface area contributed by atoms with Crippen LogP contribution in [0.2, 0.25) is 0 Å². The van der Waals surface area contributed by atoms with Crippen LogP contribution in [-0.2, 0) is 4.74 Å². The molecule has 0 heterocycles. The van der Waals surface area contributed by atoms with Crippen LogP contribution in [0.1, 0.15) is 43.0 Å². The molecule has 2 bridgehead atoms. The summed E-state index contributed by atoms with van der Waals surface area (Å²) in [5, 5.41) is 7.25. The van der Waals surface area contributed by atoms with Crippen LogP contribution in [-0.4, -0.2) is 23.7 Å². The largest absolute Gasteiger partial charge is 0.462 e. The third kappa shape index (κ3) is 3.40. The smallest absolute Gasteiger partial charge is 0.338 e. The molecule has 3 atom stereocenters. The lowest BCUT2D eigenvalue weighted by Crippen LogP contribution is -2.40. The van der Waals surface area contributed by atoms with Crippen LogP contribution in [0.25, 0.3) is 0 Å². The van der Waals surface area contributed by atoms with Crippen molar-refractivity contribution in [3.05, 3.63) is 29.8 Å². The fourth-order valence-corrected chi connectivity index (χ4v) is 3.96. The number of hydrogen-bond donors (Lipinski definition) is 2. The van der Waals surface area contributed by atoms with Crippen molar-refractivity contribution in [2.24, 2.45) is 11.8 Å². The molecular formula is C17H22N2O2S. The lowest BCUT2D eigenvalue weighted by molar-refractivity contribution is 0.0526. The second kappa shape index (κ2) is 6.65. The number of nitrogens with one attached hydrogen (secondary N) is 2. The zero-order valence-electron chi connectivity index (χ0n) is 12.8. The number of carbonyl (C=O) groups excluding carboxylic acids is 1. The molecular weight excluding hydrogens is 296 g/mol. The van der Waals surface area contributed by atoms with Crippen LogP contribution >= 0.6 is 12.2 Å². The minimum atomic E-state index is -0.307. The topological polar surface area (TPSA) is 50.4 Å². The van der Waals surface area contributed by atoms with Crippen LogP contribution < -0.4 is 10.6 Å². The van der Waals surface area contributed by atoms with Gasteiger partial charge in [0.1, 0.15) is 0 Å². The molecule has 2 aliphatic rings. The first-order valence-corrected chi connectivity index (χ1v) is 8.41. The van der Waals surface area contributed by atoms with Crippen molar-refractivity contribution in [1.29, 1.82) is 0 Å². The molecule has 2 fully saturated rings. The van der Waals surface area contributed by atoms with E-state index < -0.39 is 0 Å². The maximum atomic E-state index is 11.7. The summed E-state index contributed by atoms with van der Waals surface area (Å²) in [6.07, 6.45) is 5.28. The molecule has 0 saturated heterocycles. The van der Waals surface area contributed by atoms with E-state index in [9.17, 15) is 4.79 Å². The highest BCUT2D eigenvalue weighted by molar-refractivity contribution is 7.80. The number of hydrogen-bond acceptors (Lipinski definition) is 3. The number of benzene rings is 1. The standard InChI is InChI=1S/C17H22N2O2S/c1-2-21-16(20)13-4-3-5-14(10-13)18-17(22)19-15-9-11-6-7-12(15)8-11/h3-5,10-12,15H,2,6-9H2,1H3,(H2,18,19,22)/t11-,12-,15+/m0/s1. The Labute approximate surface area is 136 Å². The van der Waals surface area contributed by atoms with Crippen molar-refractivity contribution in [2.45, 2.75) is 38.6 Å². The van der Waals surface area contributed by atoms with Gasteiger partial charge >= 0.3 is 5.97 Å². The average molecular weight is 318 g/mol. The molecule has 4 nitrogen and oxygen atoms in total. The van der Waals surface area contributed by atoms with Crippen LogP contribution in [0.15, 0.2) is 24.3 Å². The monoisotopic (exact) mass is 318 g/mol. The van der Waals surface area contributed by atoms with Gasteiger partial charge in [-0.1, -0.05) is 12.5 Å². The summed E-state index contributed by atoms with van der Waals surface area (Å²) in [5.41, 5.74) is 1.35. The third-order valence-electron chi connectivity index (χ3n) is 4.69. The van der Waals surface area contributed by atoms with Gasteiger partial charge in [-0.05, 0) is 68.4 Å². The predicted molar refractivity (Wildman–Crippen MR) is 91.0 cm³/mol. The quantitative estimate of drug-likeness (QED) is 0.659. The number of rotatable bonds is 4. The highest BCUT2D eigenvalue weighted by atomic mass is 32.1. The van der Waals surface area contributed by atoms with Crippen LogP contribution in [0.3, 0.4) is 0 Å². The van der Waals surface area contributed by atoms with E-state index in [0.717, 1.165) is 17.5 Å². The van der Waals surface area contributed by atoms with E-state index in [1.165, 1.54) is 25.7 Å². The molecule has 1 aromatic carbocycles. The predicted octanol–water partition coefficient (Wildman–Crippen LogP) is 3.34. The van der Waals surface area contributed by atoms with E-state index in [1.807, 2.05) is 12.1 Å². The molecule has 0 aromatic heterocycles. The van der Waals surface area contributed by atoms with Crippen LogP contribution in [0, 0.1) is 11.8 Å². The third-order valence-corrected chi connectivity index (χ3v) is 4.91. The number of anilines is 1. The van der Waals surface area contributed by atoms with Crippen molar-refractivity contribution in [3.63, 3.8) is 0 Å². The van der Waals surface area contributed by atoms with Crippen molar-refractivity contribution in [3.8, 4) is 0 Å². The second-order valence-corrected chi connectivity index (χ2v) is 6.59. The number of ether oxygens (including phenoxy) is 1. The normalized spacial score (nSPS) is 25.8. The first kappa shape index (κ1) is 15.3. The molecule has 22 heavy (non-hydrogen) atoms. The Hall–Kier alpha value is -1.62. The molecule has 2 N–H and O–H groups in total. The van der Waals surface area contributed by atoms with E-state index in [1.54, 1.807) is 19.1 Å². The Kier molecular flexibility index (Phi) is 4.62.